The lowest BCUT2D eigenvalue weighted by atomic mass is 9.99. The zero-order chi connectivity index (χ0) is 15.8. The molecule has 3 N–H and O–H groups in total. The van der Waals surface area contributed by atoms with Crippen molar-refractivity contribution in [1.29, 1.82) is 0 Å². The highest BCUT2D eigenvalue weighted by Crippen LogP contribution is 2.18. The Labute approximate surface area is 128 Å². The molecule has 0 aliphatic carbocycles. The second kappa shape index (κ2) is 8.80. The van der Waals surface area contributed by atoms with Crippen molar-refractivity contribution in [2.75, 3.05) is 26.2 Å². The van der Waals surface area contributed by atoms with Gasteiger partial charge in [0.15, 0.2) is 0 Å². The highest BCUT2D eigenvalue weighted by atomic mass is 16.1. The molecule has 1 aromatic rings. The molecule has 0 aromatic heterocycles. The van der Waals surface area contributed by atoms with Gasteiger partial charge in [0.1, 0.15) is 6.04 Å². The highest BCUT2D eigenvalue weighted by molar-refractivity contribution is 5.81. The average molecular weight is 291 g/mol. The van der Waals surface area contributed by atoms with Gasteiger partial charge in [-0.25, -0.2) is 0 Å². The van der Waals surface area contributed by atoms with Crippen molar-refractivity contribution in [2.24, 2.45) is 5.73 Å². The first-order chi connectivity index (χ1) is 9.99. The Morgan fingerprint density at radius 2 is 1.67 bits per heavy atom. The van der Waals surface area contributed by atoms with Gasteiger partial charge in [-0.05, 0) is 30.1 Å². The summed E-state index contributed by atoms with van der Waals surface area (Å²) >= 11 is 0. The molecule has 0 aliphatic heterocycles. The van der Waals surface area contributed by atoms with Gasteiger partial charge in [0.25, 0.3) is 0 Å². The van der Waals surface area contributed by atoms with E-state index in [1.165, 1.54) is 5.56 Å². The minimum Gasteiger partial charge on any atom is -0.368 e. The zero-order valence-electron chi connectivity index (χ0n) is 13.7. The van der Waals surface area contributed by atoms with Crippen molar-refractivity contribution in [3.8, 4) is 0 Å². The van der Waals surface area contributed by atoms with Gasteiger partial charge < -0.3 is 16.0 Å². The molecule has 1 aromatic carbocycles. The lowest BCUT2D eigenvalue weighted by Gasteiger charge is -2.21. The number of rotatable bonds is 9. The fraction of sp³-hybridized carbons (Fsp3) is 0.588. The number of likely N-dealkylation sites (N-methyl/N-ethyl adjacent to an activating group) is 1. The maximum atomic E-state index is 11.7. The van der Waals surface area contributed by atoms with Crippen LogP contribution in [-0.4, -0.2) is 37.0 Å². The second-order valence-corrected chi connectivity index (χ2v) is 5.64. The lowest BCUT2D eigenvalue weighted by Crippen LogP contribution is -2.38. The van der Waals surface area contributed by atoms with Gasteiger partial charge in [0, 0.05) is 13.1 Å². The molecule has 118 valence electrons. The van der Waals surface area contributed by atoms with Gasteiger partial charge >= 0.3 is 0 Å². The van der Waals surface area contributed by atoms with E-state index in [4.69, 9.17) is 5.73 Å². The van der Waals surface area contributed by atoms with E-state index in [1.54, 1.807) is 0 Å². The summed E-state index contributed by atoms with van der Waals surface area (Å²) in [6.07, 6.45) is 0. The van der Waals surface area contributed by atoms with Crippen LogP contribution >= 0.6 is 0 Å². The maximum absolute atomic E-state index is 11.7. The summed E-state index contributed by atoms with van der Waals surface area (Å²) in [4.78, 5) is 14.0. The van der Waals surface area contributed by atoms with E-state index < -0.39 is 6.04 Å². The number of benzene rings is 1. The number of primary amides is 1. The first-order valence-electron chi connectivity index (χ1n) is 7.84. The second-order valence-electron chi connectivity index (χ2n) is 5.64. The normalized spacial score (nSPS) is 12.9. The monoisotopic (exact) mass is 291 g/mol. The van der Waals surface area contributed by atoms with Gasteiger partial charge in [-0.2, -0.15) is 0 Å². The van der Waals surface area contributed by atoms with E-state index >= 15 is 0 Å². The molecule has 0 saturated carbocycles. The van der Waals surface area contributed by atoms with Crippen LogP contribution in [0.3, 0.4) is 0 Å². The zero-order valence-corrected chi connectivity index (χ0v) is 13.7. The van der Waals surface area contributed by atoms with Crippen LogP contribution in [0.1, 0.15) is 50.8 Å². The lowest BCUT2D eigenvalue weighted by molar-refractivity contribution is -0.120. The van der Waals surface area contributed by atoms with Crippen molar-refractivity contribution in [3.05, 3.63) is 35.4 Å². The largest absolute Gasteiger partial charge is 0.368 e. The van der Waals surface area contributed by atoms with E-state index in [2.05, 4.69) is 50.0 Å². The Bertz CT molecular complexity index is 424. The van der Waals surface area contributed by atoms with Crippen LogP contribution in [0.4, 0.5) is 0 Å². The fourth-order valence-electron chi connectivity index (χ4n) is 2.36. The summed E-state index contributed by atoms with van der Waals surface area (Å²) in [6.45, 7) is 12.3. The van der Waals surface area contributed by atoms with E-state index in [9.17, 15) is 4.79 Å². The Kier molecular flexibility index (Phi) is 7.40. The van der Waals surface area contributed by atoms with Crippen molar-refractivity contribution < 1.29 is 4.79 Å². The Hall–Kier alpha value is -1.39. The van der Waals surface area contributed by atoms with Gasteiger partial charge in [0.2, 0.25) is 5.91 Å². The summed E-state index contributed by atoms with van der Waals surface area (Å²) in [6, 6.07) is 7.72. The smallest absolute Gasteiger partial charge is 0.239 e. The summed E-state index contributed by atoms with van der Waals surface area (Å²) in [5, 5.41) is 3.27. The number of nitrogens with zero attached hydrogens (tertiary/aromatic N) is 1. The quantitative estimate of drug-likeness (QED) is 0.734. The van der Waals surface area contributed by atoms with Crippen LogP contribution in [-0.2, 0) is 4.79 Å². The minimum absolute atomic E-state index is 0.327. The molecule has 0 aliphatic rings. The first-order valence-corrected chi connectivity index (χ1v) is 7.84. The molecule has 21 heavy (non-hydrogen) atoms. The third kappa shape index (κ3) is 5.48. The van der Waals surface area contributed by atoms with Crippen LogP contribution in [0.15, 0.2) is 24.3 Å². The minimum atomic E-state index is -0.415. The predicted octanol–water partition coefficient (Wildman–Crippen LogP) is 2.27. The highest BCUT2D eigenvalue weighted by Gasteiger charge is 2.17. The summed E-state index contributed by atoms with van der Waals surface area (Å²) in [5.41, 5.74) is 7.74. The SMILES string of the molecule is CCN(CC)CCNC(C(N)=O)c1ccc(C(C)C)cc1. The van der Waals surface area contributed by atoms with Crippen LogP contribution < -0.4 is 11.1 Å². The third-order valence-electron chi connectivity index (χ3n) is 3.89. The van der Waals surface area contributed by atoms with Gasteiger partial charge in [-0.15, -0.1) is 0 Å². The molecule has 0 bridgehead atoms. The molecular weight excluding hydrogens is 262 g/mol. The Morgan fingerprint density at radius 1 is 1.14 bits per heavy atom. The summed E-state index contributed by atoms with van der Waals surface area (Å²) in [5.74, 6) is 0.161. The Balaban J connectivity index is 2.66. The van der Waals surface area contributed by atoms with Gasteiger partial charge in [0.05, 0.1) is 0 Å². The van der Waals surface area contributed by atoms with E-state index in [0.717, 1.165) is 31.7 Å². The fourth-order valence-corrected chi connectivity index (χ4v) is 2.36. The average Bonchev–Trinajstić information content (AvgIpc) is 2.47. The molecule has 0 fully saturated rings. The number of hydrogen-bond acceptors (Lipinski definition) is 3. The topological polar surface area (TPSA) is 58.4 Å². The predicted molar refractivity (Wildman–Crippen MR) is 88.3 cm³/mol. The maximum Gasteiger partial charge on any atom is 0.239 e. The Morgan fingerprint density at radius 3 is 2.10 bits per heavy atom. The molecule has 4 nitrogen and oxygen atoms in total. The number of carbonyl (C=O) groups is 1. The molecule has 0 heterocycles. The molecular formula is C17H29N3O. The van der Waals surface area contributed by atoms with Crippen molar-refractivity contribution >= 4 is 5.91 Å². The van der Waals surface area contributed by atoms with Crippen LogP contribution in [0, 0.1) is 0 Å². The molecule has 0 spiro atoms. The number of hydrogen-bond donors (Lipinski definition) is 2. The van der Waals surface area contributed by atoms with E-state index in [1.807, 2.05) is 12.1 Å². The molecule has 1 atom stereocenters. The summed E-state index contributed by atoms with van der Waals surface area (Å²) < 4.78 is 0. The van der Waals surface area contributed by atoms with Crippen molar-refractivity contribution in [2.45, 2.75) is 39.7 Å². The summed E-state index contributed by atoms with van der Waals surface area (Å²) in [7, 11) is 0. The van der Waals surface area contributed by atoms with E-state index in [-0.39, 0.29) is 5.91 Å². The molecule has 1 amide bonds. The van der Waals surface area contributed by atoms with Crippen LogP contribution in [0.2, 0.25) is 0 Å². The molecule has 1 rings (SSSR count). The van der Waals surface area contributed by atoms with Crippen LogP contribution in [0.25, 0.3) is 0 Å². The third-order valence-corrected chi connectivity index (χ3v) is 3.89. The number of carbonyl (C=O) groups excluding carboxylic acids is 1. The van der Waals surface area contributed by atoms with E-state index in [0.29, 0.717) is 5.92 Å². The molecule has 4 heteroatoms. The molecule has 0 radical (unpaired) electrons. The van der Waals surface area contributed by atoms with Crippen molar-refractivity contribution in [3.63, 3.8) is 0 Å². The molecule has 0 saturated heterocycles. The van der Waals surface area contributed by atoms with Crippen molar-refractivity contribution in [1.82, 2.24) is 10.2 Å². The molecule has 1 unspecified atom stereocenters. The number of amides is 1. The first kappa shape index (κ1) is 17.7. The van der Waals surface area contributed by atoms with Crippen LogP contribution in [0.5, 0.6) is 0 Å². The van der Waals surface area contributed by atoms with Gasteiger partial charge in [-0.1, -0.05) is 52.0 Å². The number of nitrogens with one attached hydrogen (secondary N) is 1. The number of nitrogens with two attached hydrogens (primary N) is 1. The van der Waals surface area contributed by atoms with Gasteiger partial charge in [-0.3, -0.25) is 4.79 Å². The standard InChI is InChI=1S/C17H29N3O/c1-5-20(6-2)12-11-19-16(17(18)21)15-9-7-14(8-10-15)13(3)4/h7-10,13,16,19H,5-6,11-12H2,1-4H3,(H2,18,21).